The Kier molecular flexibility index (Phi) is 7.85. The van der Waals surface area contributed by atoms with E-state index in [9.17, 15) is 9.59 Å². The maximum atomic E-state index is 12.9. The molecule has 2 N–H and O–H groups in total. The number of hydrogen-bond donors (Lipinski definition) is 2. The third-order valence-electron chi connectivity index (χ3n) is 5.31. The zero-order valence-electron chi connectivity index (χ0n) is 17.8. The molecule has 0 saturated carbocycles. The van der Waals surface area contributed by atoms with Crippen molar-refractivity contribution in [2.75, 3.05) is 29.9 Å². The molecule has 30 heavy (non-hydrogen) atoms. The Hall–Kier alpha value is -2.86. The summed E-state index contributed by atoms with van der Waals surface area (Å²) >= 11 is 0. The van der Waals surface area contributed by atoms with Crippen molar-refractivity contribution in [2.45, 2.75) is 45.8 Å². The summed E-state index contributed by atoms with van der Waals surface area (Å²) in [6, 6.07) is 15.4. The molecule has 1 fully saturated rings. The largest absolute Gasteiger partial charge is 0.371 e. The Morgan fingerprint density at radius 2 is 1.83 bits per heavy atom. The molecule has 1 atom stereocenters. The minimum absolute atomic E-state index is 0.0445. The van der Waals surface area contributed by atoms with Gasteiger partial charge in [-0.2, -0.15) is 0 Å². The fourth-order valence-electron chi connectivity index (χ4n) is 3.47. The molecule has 2 aromatic rings. The van der Waals surface area contributed by atoms with Crippen molar-refractivity contribution in [3.8, 4) is 0 Å². The average Bonchev–Trinajstić information content (AvgIpc) is 3.29. The van der Waals surface area contributed by atoms with Crippen molar-refractivity contribution in [3.63, 3.8) is 0 Å². The highest BCUT2D eigenvalue weighted by Crippen LogP contribution is 2.27. The molecule has 3 rings (SSSR count). The van der Waals surface area contributed by atoms with E-state index in [0.717, 1.165) is 43.6 Å². The molecule has 6 heteroatoms. The summed E-state index contributed by atoms with van der Waals surface area (Å²) in [4.78, 5) is 27.4. The van der Waals surface area contributed by atoms with Gasteiger partial charge in [0.1, 0.15) is 6.61 Å². The number of nitrogens with one attached hydrogen (secondary N) is 2. The number of benzene rings is 2. The van der Waals surface area contributed by atoms with Gasteiger partial charge in [0.2, 0.25) is 5.91 Å². The van der Waals surface area contributed by atoms with Crippen LogP contribution in [-0.4, -0.2) is 37.6 Å². The van der Waals surface area contributed by atoms with Crippen LogP contribution in [0, 0.1) is 0 Å². The van der Waals surface area contributed by atoms with Crippen LogP contribution < -0.4 is 15.5 Å². The fourth-order valence-corrected chi connectivity index (χ4v) is 3.47. The van der Waals surface area contributed by atoms with Gasteiger partial charge in [-0.3, -0.25) is 9.59 Å². The predicted molar refractivity (Wildman–Crippen MR) is 120 cm³/mol. The Balaban J connectivity index is 1.66. The molecule has 1 heterocycles. The first-order valence-electron chi connectivity index (χ1n) is 10.7. The molecule has 6 nitrogen and oxygen atoms in total. The summed E-state index contributed by atoms with van der Waals surface area (Å²) in [5.74, 6) is -0.351. The lowest BCUT2D eigenvalue weighted by Gasteiger charge is -2.23. The molecule has 0 spiro atoms. The van der Waals surface area contributed by atoms with Crippen molar-refractivity contribution >= 4 is 23.2 Å². The quantitative estimate of drug-likeness (QED) is 0.657. The van der Waals surface area contributed by atoms with Crippen molar-refractivity contribution in [3.05, 3.63) is 59.7 Å². The van der Waals surface area contributed by atoms with Crippen LogP contribution in [-0.2, 0) is 16.1 Å². The highest BCUT2D eigenvalue weighted by atomic mass is 16.5. The first-order chi connectivity index (χ1) is 14.6. The van der Waals surface area contributed by atoms with E-state index in [1.165, 1.54) is 0 Å². The molecule has 0 aliphatic carbocycles. The van der Waals surface area contributed by atoms with Crippen molar-refractivity contribution in [2.24, 2.45) is 0 Å². The highest BCUT2D eigenvalue weighted by molar-refractivity contribution is 6.02. The lowest BCUT2D eigenvalue weighted by atomic mass is 10.1. The maximum absolute atomic E-state index is 12.9. The SMILES string of the molecule is CCC(C)NC(=O)c1cc(NC(=O)COCc2ccccc2)ccc1N1CCCC1. The van der Waals surface area contributed by atoms with Crippen LogP contribution in [0.1, 0.15) is 49.0 Å². The number of nitrogens with zero attached hydrogens (tertiary/aromatic N) is 1. The summed E-state index contributed by atoms with van der Waals surface area (Å²) in [6.07, 6.45) is 3.12. The van der Waals surface area contributed by atoms with E-state index in [0.29, 0.717) is 17.9 Å². The minimum atomic E-state index is -0.242. The molecule has 1 aliphatic rings. The van der Waals surface area contributed by atoms with Gasteiger partial charge in [0.05, 0.1) is 12.2 Å². The summed E-state index contributed by atoms with van der Waals surface area (Å²) in [7, 11) is 0. The van der Waals surface area contributed by atoms with E-state index >= 15 is 0 Å². The second kappa shape index (κ2) is 10.8. The van der Waals surface area contributed by atoms with E-state index in [1.807, 2.05) is 56.3 Å². The third-order valence-corrected chi connectivity index (χ3v) is 5.31. The van der Waals surface area contributed by atoms with Gasteiger partial charge in [-0.1, -0.05) is 37.3 Å². The van der Waals surface area contributed by atoms with Gasteiger partial charge in [-0.15, -0.1) is 0 Å². The molecule has 2 aromatic carbocycles. The van der Waals surface area contributed by atoms with Crippen molar-refractivity contribution < 1.29 is 14.3 Å². The monoisotopic (exact) mass is 409 g/mol. The van der Waals surface area contributed by atoms with Gasteiger partial charge in [0.25, 0.3) is 5.91 Å². The lowest BCUT2D eigenvalue weighted by Crippen LogP contribution is -2.33. The molecular weight excluding hydrogens is 378 g/mol. The molecule has 1 saturated heterocycles. The number of hydrogen-bond acceptors (Lipinski definition) is 4. The fraction of sp³-hybridized carbons (Fsp3) is 0.417. The Morgan fingerprint density at radius 3 is 2.53 bits per heavy atom. The number of anilines is 2. The molecule has 1 aliphatic heterocycles. The van der Waals surface area contributed by atoms with Crippen LogP contribution in [0.5, 0.6) is 0 Å². The van der Waals surface area contributed by atoms with E-state index in [4.69, 9.17) is 4.74 Å². The summed E-state index contributed by atoms with van der Waals surface area (Å²) in [5, 5.41) is 5.89. The highest BCUT2D eigenvalue weighted by Gasteiger charge is 2.21. The Labute approximate surface area is 178 Å². The Morgan fingerprint density at radius 1 is 1.10 bits per heavy atom. The number of carbonyl (C=O) groups is 2. The normalized spacial score (nSPS) is 14.4. The zero-order valence-corrected chi connectivity index (χ0v) is 17.8. The van der Waals surface area contributed by atoms with Gasteiger partial charge in [-0.05, 0) is 49.9 Å². The first-order valence-corrected chi connectivity index (χ1v) is 10.7. The minimum Gasteiger partial charge on any atom is -0.371 e. The van der Waals surface area contributed by atoms with Crippen LogP contribution in [0.2, 0.25) is 0 Å². The second-order valence-corrected chi connectivity index (χ2v) is 7.74. The summed E-state index contributed by atoms with van der Waals surface area (Å²) < 4.78 is 5.50. The third kappa shape index (κ3) is 6.07. The van der Waals surface area contributed by atoms with E-state index in [2.05, 4.69) is 15.5 Å². The molecule has 160 valence electrons. The average molecular weight is 410 g/mol. The van der Waals surface area contributed by atoms with Crippen LogP contribution in [0.25, 0.3) is 0 Å². The number of rotatable bonds is 9. The molecule has 1 unspecified atom stereocenters. The molecular formula is C24H31N3O3. The van der Waals surface area contributed by atoms with E-state index < -0.39 is 0 Å². The standard InChI is InChI=1S/C24H31N3O3/c1-3-18(2)25-24(29)21-15-20(11-12-22(21)27-13-7-8-14-27)26-23(28)17-30-16-19-9-5-4-6-10-19/h4-6,9-12,15,18H,3,7-8,13-14,16-17H2,1-2H3,(H,25,29)(H,26,28). The number of ether oxygens (including phenoxy) is 1. The van der Waals surface area contributed by atoms with Crippen LogP contribution in [0.15, 0.2) is 48.5 Å². The number of amides is 2. The van der Waals surface area contributed by atoms with Crippen LogP contribution in [0.3, 0.4) is 0 Å². The van der Waals surface area contributed by atoms with Crippen LogP contribution >= 0.6 is 0 Å². The zero-order chi connectivity index (χ0) is 21.3. The van der Waals surface area contributed by atoms with Crippen molar-refractivity contribution in [1.82, 2.24) is 5.32 Å². The van der Waals surface area contributed by atoms with Gasteiger partial charge >= 0.3 is 0 Å². The first kappa shape index (κ1) is 21.8. The molecule has 0 aromatic heterocycles. The topological polar surface area (TPSA) is 70.7 Å². The maximum Gasteiger partial charge on any atom is 0.253 e. The molecule has 0 bridgehead atoms. The van der Waals surface area contributed by atoms with Gasteiger partial charge in [0, 0.05) is 30.5 Å². The van der Waals surface area contributed by atoms with Gasteiger partial charge < -0.3 is 20.3 Å². The van der Waals surface area contributed by atoms with Gasteiger partial charge in [-0.25, -0.2) is 0 Å². The van der Waals surface area contributed by atoms with E-state index in [1.54, 1.807) is 6.07 Å². The summed E-state index contributed by atoms with van der Waals surface area (Å²) in [6.45, 7) is 6.26. The lowest BCUT2D eigenvalue weighted by molar-refractivity contribution is -0.121. The van der Waals surface area contributed by atoms with Crippen LogP contribution in [0.4, 0.5) is 11.4 Å². The molecule has 0 radical (unpaired) electrons. The van der Waals surface area contributed by atoms with Gasteiger partial charge in [0.15, 0.2) is 0 Å². The summed E-state index contributed by atoms with van der Waals surface area (Å²) in [5.41, 5.74) is 3.14. The van der Waals surface area contributed by atoms with E-state index in [-0.39, 0.29) is 24.5 Å². The Bertz CT molecular complexity index is 848. The smallest absolute Gasteiger partial charge is 0.253 e. The number of carbonyl (C=O) groups excluding carboxylic acids is 2. The van der Waals surface area contributed by atoms with Crippen molar-refractivity contribution in [1.29, 1.82) is 0 Å². The molecule has 2 amide bonds. The predicted octanol–water partition coefficient (Wildman–Crippen LogP) is 3.97. The second-order valence-electron chi connectivity index (χ2n) is 7.74.